The first-order chi connectivity index (χ1) is 3.81. The van der Waals surface area contributed by atoms with E-state index >= 15 is 0 Å². The molecule has 0 aliphatic carbocycles. The molecule has 0 saturated carbocycles. The number of aliphatic hydroxyl groups is 1. The fourth-order valence-corrected chi connectivity index (χ4v) is 0.266. The van der Waals surface area contributed by atoms with Crippen molar-refractivity contribution in [2.24, 2.45) is 0 Å². The summed E-state index contributed by atoms with van der Waals surface area (Å²) in [5, 5.41) is 8.47. The lowest BCUT2D eigenvalue weighted by Crippen LogP contribution is -2.05. The number of hydrogen-bond donors (Lipinski definition) is 1. The summed E-state index contributed by atoms with van der Waals surface area (Å²) in [5.41, 5.74) is 0. The lowest BCUT2D eigenvalue weighted by Gasteiger charge is -1.98. The van der Waals surface area contributed by atoms with Crippen LogP contribution in [0.4, 0.5) is 0 Å². The average molecular weight is 132 g/mol. The summed E-state index contributed by atoms with van der Waals surface area (Å²) in [4.78, 5) is 0. The Hall–Kier alpha value is -0.410. The fraction of sp³-hybridized carbons (Fsp3) is 0.400. The third-order valence-electron chi connectivity index (χ3n) is 0.491. The highest BCUT2D eigenvalue weighted by Crippen LogP contribution is 1.79. The minimum atomic E-state index is -0.191. The van der Waals surface area contributed by atoms with Crippen LogP contribution in [0.25, 0.3) is 0 Å². The number of aliphatic hydroxyl groups excluding tert-OH is 1. The van der Waals surface area contributed by atoms with E-state index in [9.17, 15) is 0 Å². The largest absolute Gasteiger partial charge is 0.481 e. The Morgan fingerprint density at radius 2 is 2.50 bits per heavy atom. The van der Waals surface area contributed by atoms with Gasteiger partial charge in [0.15, 0.2) is 5.05 Å². The molecule has 0 aromatic rings. The first-order valence-electron chi connectivity index (χ1n) is 2.18. The SMILES string of the molecule is C=CCOC(=S)CO. The summed E-state index contributed by atoms with van der Waals surface area (Å²) in [7, 11) is 0. The third kappa shape index (κ3) is 3.77. The van der Waals surface area contributed by atoms with Gasteiger partial charge in [-0.1, -0.05) is 12.7 Å². The second-order valence-corrected chi connectivity index (χ2v) is 1.59. The normalized spacial score (nSPS) is 8.12. The summed E-state index contributed by atoms with van der Waals surface area (Å²) in [5.74, 6) is 0. The molecule has 0 radical (unpaired) electrons. The molecule has 0 atom stereocenters. The Balaban J connectivity index is 3.11. The Morgan fingerprint density at radius 3 is 2.88 bits per heavy atom. The van der Waals surface area contributed by atoms with Gasteiger partial charge in [-0.05, 0) is 12.2 Å². The van der Waals surface area contributed by atoms with Gasteiger partial charge in [-0.25, -0.2) is 0 Å². The van der Waals surface area contributed by atoms with Gasteiger partial charge >= 0.3 is 0 Å². The van der Waals surface area contributed by atoms with Crippen LogP contribution in [0.5, 0.6) is 0 Å². The Bertz CT molecular complexity index is 90.4. The molecule has 2 nitrogen and oxygen atoms in total. The van der Waals surface area contributed by atoms with E-state index in [2.05, 4.69) is 18.8 Å². The molecule has 0 heterocycles. The Kier molecular flexibility index (Phi) is 4.50. The summed E-state index contributed by atoms with van der Waals surface area (Å²) in [6, 6.07) is 0. The van der Waals surface area contributed by atoms with Crippen molar-refractivity contribution in [3.8, 4) is 0 Å². The number of ether oxygens (including phenoxy) is 1. The molecule has 0 aliphatic heterocycles. The predicted octanol–water partition coefficient (Wildman–Crippen LogP) is 0.509. The van der Waals surface area contributed by atoms with E-state index in [0.717, 1.165) is 0 Å². The van der Waals surface area contributed by atoms with Crippen LogP contribution in [0.3, 0.4) is 0 Å². The van der Waals surface area contributed by atoms with Crippen molar-refractivity contribution >= 4 is 17.3 Å². The van der Waals surface area contributed by atoms with E-state index < -0.39 is 0 Å². The van der Waals surface area contributed by atoms with E-state index in [1.807, 2.05) is 0 Å². The molecule has 3 heteroatoms. The molecular formula is C5H8O2S. The summed E-state index contributed by atoms with van der Waals surface area (Å²) >= 11 is 4.50. The second-order valence-electron chi connectivity index (χ2n) is 1.13. The van der Waals surface area contributed by atoms with Crippen molar-refractivity contribution in [3.05, 3.63) is 12.7 Å². The van der Waals surface area contributed by atoms with E-state index in [0.29, 0.717) is 6.61 Å². The van der Waals surface area contributed by atoms with Gasteiger partial charge in [-0.2, -0.15) is 0 Å². The molecule has 0 fully saturated rings. The van der Waals surface area contributed by atoms with Crippen LogP contribution in [0.2, 0.25) is 0 Å². The van der Waals surface area contributed by atoms with Crippen LogP contribution in [-0.4, -0.2) is 23.4 Å². The lowest BCUT2D eigenvalue weighted by atomic mass is 10.7. The zero-order valence-corrected chi connectivity index (χ0v) is 5.28. The van der Waals surface area contributed by atoms with Crippen LogP contribution in [0.1, 0.15) is 0 Å². The first-order valence-corrected chi connectivity index (χ1v) is 2.59. The standard InChI is InChI=1S/C5H8O2S/c1-2-3-7-5(8)4-6/h2,6H,1,3-4H2. The highest BCUT2D eigenvalue weighted by atomic mass is 32.1. The molecule has 1 N–H and O–H groups in total. The zero-order valence-electron chi connectivity index (χ0n) is 4.46. The molecule has 0 aromatic heterocycles. The molecule has 0 amide bonds. The number of thiocarbonyl (C=S) groups is 1. The molecule has 0 unspecified atom stereocenters. The minimum absolute atomic E-state index is 0.191. The third-order valence-corrected chi connectivity index (χ3v) is 0.738. The maximum absolute atomic E-state index is 8.26. The zero-order chi connectivity index (χ0) is 6.41. The molecular weight excluding hydrogens is 124 g/mol. The molecule has 0 aromatic carbocycles. The highest BCUT2D eigenvalue weighted by Gasteiger charge is 1.88. The smallest absolute Gasteiger partial charge is 0.185 e. The molecule has 0 spiro atoms. The topological polar surface area (TPSA) is 29.5 Å². The molecule has 8 heavy (non-hydrogen) atoms. The van der Waals surface area contributed by atoms with Gasteiger partial charge in [-0.3, -0.25) is 0 Å². The van der Waals surface area contributed by atoms with Crippen LogP contribution >= 0.6 is 12.2 Å². The summed E-state index contributed by atoms with van der Waals surface area (Å²) in [6.45, 7) is 3.58. The van der Waals surface area contributed by atoms with E-state index in [1.165, 1.54) is 0 Å². The van der Waals surface area contributed by atoms with E-state index in [-0.39, 0.29) is 11.7 Å². The van der Waals surface area contributed by atoms with Gasteiger partial charge in [0.1, 0.15) is 13.2 Å². The van der Waals surface area contributed by atoms with Crippen molar-refractivity contribution in [3.63, 3.8) is 0 Å². The fourth-order valence-electron chi connectivity index (χ4n) is 0.198. The maximum Gasteiger partial charge on any atom is 0.185 e. The van der Waals surface area contributed by atoms with Gasteiger partial charge in [0.25, 0.3) is 0 Å². The molecule has 0 saturated heterocycles. The van der Waals surface area contributed by atoms with Gasteiger partial charge in [0, 0.05) is 0 Å². The van der Waals surface area contributed by atoms with Gasteiger partial charge in [0.05, 0.1) is 0 Å². The highest BCUT2D eigenvalue weighted by molar-refractivity contribution is 7.80. The van der Waals surface area contributed by atoms with Crippen molar-refractivity contribution in [1.82, 2.24) is 0 Å². The number of hydrogen-bond acceptors (Lipinski definition) is 3. The molecule has 0 rings (SSSR count). The summed E-state index contributed by atoms with van der Waals surface area (Å²) in [6.07, 6.45) is 1.57. The van der Waals surface area contributed by atoms with Crippen molar-refractivity contribution < 1.29 is 9.84 Å². The maximum atomic E-state index is 8.26. The Labute approximate surface area is 53.8 Å². The number of rotatable bonds is 3. The van der Waals surface area contributed by atoms with Gasteiger partial charge in [0.2, 0.25) is 0 Å². The quantitative estimate of drug-likeness (QED) is 0.448. The van der Waals surface area contributed by atoms with E-state index in [1.54, 1.807) is 6.08 Å². The average Bonchev–Trinajstić information content (AvgIpc) is 1.83. The monoisotopic (exact) mass is 132 g/mol. The first kappa shape index (κ1) is 7.59. The predicted molar refractivity (Wildman–Crippen MR) is 35.8 cm³/mol. The second kappa shape index (κ2) is 4.74. The summed E-state index contributed by atoms with van der Waals surface area (Å²) < 4.78 is 4.70. The van der Waals surface area contributed by atoms with Crippen LogP contribution < -0.4 is 0 Å². The Morgan fingerprint density at radius 1 is 1.88 bits per heavy atom. The van der Waals surface area contributed by atoms with Gasteiger partial charge in [-0.15, -0.1) is 0 Å². The van der Waals surface area contributed by atoms with Crippen LogP contribution in [-0.2, 0) is 4.74 Å². The lowest BCUT2D eigenvalue weighted by molar-refractivity contribution is 0.286. The van der Waals surface area contributed by atoms with Crippen LogP contribution in [0.15, 0.2) is 12.7 Å². The van der Waals surface area contributed by atoms with Crippen LogP contribution in [0, 0.1) is 0 Å². The van der Waals surface area contributed by atoms with Crippen molar-refractivity contribution in [2.45, 2.75) is 0 Å². The van der Waals surface area contributed by atoms with Crippen molar-refractivity contribution in [2.75, 3.05) is 13.2 Å². The minimum Gasteiger partial charge on any atom is -0.481 e. The molecule has 46 valence electrons. The van der Waals surface area contributed by atoms with Gasteiger partial charge < -0.3 is 9.84 Å². The van der Waals surface area contributed by atoms with Crippen molar-refractivity contribution in [1.29, 1.82) is 0 Å². The molecule has 0 bridgehead atoms. The van der Waals surface area contributed by atoms with E-state index in [4.69, 9.17) is 9.84 Å². The molecule has 0 aliphatic rings.